The monoisotopic (exact) mass is 245 g/mol. The molecule has 86 valence electrons. The molecule has 1 aromatic rings. The molecule has 0 aliphatic rings. The van der Waals surface area contributed by atoms with Crippen molar-refractivity contribution < 1.29 is 14.7 Å². The second kappa shape index (κ2) is 6.17. The quantitative estimate of drug-likeness (QED) is 0.769. The highest BCUT2D eigenvalue weighted by Crippen LogP contribution is 2.17. The van der Waals surface area contributed by atoms with E-state index in [0.717, 1.165) is 4.90 Å². The van der Waals surface area contributed by atoms with E-state index in [-0.39, 0.29) is 5.91 Å². The molecule has 16 heavy (non-hydrogen) atoms. The van der Waals surface area contributed by atoms with E-state index < -0.39 is 12.0 Å². The van der Waals surface area contributed by atoms with Gasteiger partial charge in [-0.05, 0) is 12.1 Å². The maximum absolute atomic E-state index is 10.8. The lowest BCUT2D eigenvalue weighted by molar-refractivity contribution is -0.140. The van der Waals surface area contributed by atoms with Crippen LogP contribution in [0.2, 0.25) is 0 Å². The Morgan fingerprint density at radius 3 is 2.50 bits per heavy atom. The summed E-state index contributed by atoms with van der Waals surface area (Å²) in [6.07, 6.45) is 0. The fraction of sp³-hybridized carbons (Fsp3) is 0.273. The molecular formula is C11H13NO3S. The second-order valence-corrected chi connectivity index (χ2v) is 4.31. The van der Waals surface area contributed by atoms with Crippen molar-refractivity contribution in [2.24, 2.45) is 0 Å². The summed E-state index contributed by atoms with van der Waals surface area (Å²) < 4.78 is 0. The van der Waals surface area contributed by atoms with E-state index in [1.165, 1.54) is 18.7 Å². The van der Waals surface area contributed by atoms with E-state index >= 15 is 0 Å². The Kier molecular flexibility index (Phi) is 4.85. The average Bonchev–Trinajstić information content (AvgIpc) is 2.25. The molecule has 1 aromatic carbocycles. The predicted octanol–water partition coefficient (Wildman–Crippen LogP) is 1.37. The number of nitrogens with one attached hydrogen (secondary N) is 1. The zero-order chi connectivity index (χ0) is 12.0. The molecule has 0 aliphatic heterocycles. The van der Waals surface area contributed by atoms with Crippen molar-refractivity contribution in [3.8, 4) is 0 Å². The Morgan fingerprint density at radius 2 is 2.00 bits per heavy atom. The summed E-state index contributed by atoms with van der Waals surface area (Å²) in [6, 6.07) is 8.62. The largest absolute Gasteiger partial charge is 0.480 e. The number of amides is 1. The van der Waals surface area contributed by atoms with E-state index in [2.05, 4.69) is 5.32 Å². The van der Waals surface area contributed by atoms with Gasteiger partial charge in [-0.3, -0.25) is 4.79 Å². The molecule has 0 bridgehead atoms. The number of carboxylic acid groups (broad SMARTS) is 1. The number of rotatable bonds is 5. The number of carboxylic acids is 1. The average molecular weight is 245 g/mol. The summed E-state index contributed by atoms with van der Waals surface area (Å²) >= 11 is 1.40. The first kappa shape index (κ1) is 12.6. The third-order valence-electron chi connectivity index (χ3n) is 1.84. The van der Waals surface area contributed by atoms with Crippen LogP contribution in [0.1, 0.15) is 6.92 Å². The van der Waals surface area contributed by atoms with Gasteiger partial charge in [0.2, 0.25) is 5.91 Å². The molecule has 0 radical (unpaired) electrons. The van der Waals surface area contributed by atoms with Crippen LogP contribution in [0.15, 0.2) is 35.2 Å². The minimum atomic E-state index is -1.02. The maximum Gasteiger partial charge on any atom is 0.327 e. The highest BCUT2D eigenvalue weighted by Gasteiger charge is 2.18. The molecule has 2 N–H and O–H groups in total. The number of carbonyl (C=O) groups is 2. The number of hydrogen-bond acceptors (Lipinski definition) is 3. The van der Waals surface area contributed by atoms with Gasteiger partial charge in [-0.25, -0.2) is 4.79 Å². The third kappa shape index (κ3) is 4.35. The van der Waals surface area contributed by atoms with Gasteiger partial charge in [0.1, 0.15) is 6.04 Å². The molecule has 0 fully saturated rings. The normalized spacial score (nSPS) is 11.8. The van der Waals surface area contributed by atoms with Gasteiger partial charge in [0.15, 0.2) is 0 Å². The molecule has 0 spiro atoms. The molecule has 1 rings (SSSR count). The van der Waals surface area contributed by atoms with Crippen molar-refractivity contribution in [1.82, 2.24) is 5.32 Å². The van der Waals surface area contributed by atoms with Crippen LogP contribution in [0.5, 0.6) is 0 Å². The van der Waals surface area contributed by atoms with Crippen molar-refractivity contribution in [2.45, 2.75) is 17.9 Å². The molecule has 0 unspecified atom stereocenters. The molecule has 1 amide bonds. The Labute approximate surface area is 98.0 Å². The maximum atomic E-state index is 10.8. The Bertz CT molecular complexity index is 367. The molecule has 5 heteroatoms. The van der Waals surface area contributed by atoms with Crippen LogP contribution in [0.25, 0.3) is 0 Å². The van der Waals surface area contributed by atoms with Gasteiger partial charge in [-0.1, -0.05) is 18.2 Å². The zero-order valence-corrected chi connectivity index (χ0v) is 9.66. The van der Waals surface area contributed by atoms with Crippen molar-refractivity contribution >= 4 is 23.6 Å². The molecule has 4 nitrogen and oxygen atoms in total. The Balaban J connectivity index is 2.50. The van der Waals surface area contributed by atoms with Crippen molar-refractivity contribution in [3.05, 3.63) is 30.3 Å². The van der Waals surface area contributed by atoms with Gasteiger partial charge in [-0.2, -0.15) is 0 Å². The molecule has 0 heterocycles. The zero-order valence-electron chi connectivity index (χ0n) is 8.84. The van der Waals surface area contributed by atoms with Gasteiger partial charge in [-0.15, -0.1) is 11.8 Å². The van der Waals surface area contributed by atoms with E-state index in [1.807, 2.05) is 30.3 Å². The molecule has 0 aliphatic carbocycles. The summed E-state index contributed by atoms with van der Waals surface area (Å²) in [5.74, 6) is -1.03. The topological polar surface area (TPSA) is 66.4 Å². The van der Waals surface area contributed by atoms with Gasteiger partial charge in [0, 0.05) is 17.6 Å². The Hall–Kier alpha value is -1.49. The van der Waals surface area contributed by atoms with Crippen LogP contribution in [-0.4, -0.2) is 28.8 Å². The molecule has 0 saturated carbocycles. The minimum Gasteiger partial charge on any atom is -0.480 e. The molecule has 1 atom stereocenters. The van der Waals surface area contributed by atoms with Crippen LogP contribution in [0.4, 0.5) is 0 Å². The summed E-state index contributed by atoms with van der Waals surface area (Å²) in [5, 5.41) is 11.3. The highest BCUT2D eigenvalue weighted by molar-refractivity contribution is 7.99. The van der Waals surface area contributed by atoms with E-state index in [4.69, 9.17) is 5.11 Å². The molecule has 0 aromatic heterocycles. The van der Waals surface area contributed by atoms with E-state index in [9.17, 15) is 9.59 Å². The minimum absolute atomic E-state index is 0.318. The fourth-order valence-electron chi connectivity index (χ4n) is 1.12. The predicted molar refractivity (Wildman–Crippen MR) is 62.4 cm³/mol. The standard InChI is InChI=1S/C11H13NO3S/c1-8(13)12-10(11(14)15)7-16-9-5-3-2-4-6-9/h2-6,10H,7H2,1H3,(H,12,13)(H,14,15)/t10-/m0/s1/i2+1,3+1,4+1,5+1,6+1,9+1. The number of thioether (sulfide) groups is 1. The summed E-state index contributed by atoms with van der Waals surface area (Å²) in [5.41, 5.74) is 0. The Morgan fingerprint density at radius 1 is 1.38 bits per heavy atom. The van der Waals surface area contributed by atoms with Crippen molar-refractivity contribution in [1.29, 1.82) is 0 Å². The number of hydrogen-bond donors (Lipinski definition) is 2. The smallest absolute Gasteiger partial charge is 0.327 e. The number of carbonyl (C=O) groups excluding carboxylic acids is 1. The first-order valence-electron chi connectivity index (χ1n) is 4.77. The van der Waals surface area contributed by atoms with Crippen LogP contribution in [-0.2, 0) is 9.59 Å². The van der Waals surface area contributed by atoms with Gasteiger partial charge >= 0.3 is 5.97 Å². The first-order valence-corrected chi connectivity index (χ1v) is 5.76. The molecule has 0 saturated heterocycles. The number of benzene rings is 1. The van der Waals surface area contributed by atoms with E-state index in [0.29, 0.717) is 5.75 Å². The van der Waals surface area contributed by atoms with Gasteiger partial charge in [0.05, 0.1) is 0 Å². The van der Waals surface area contributed by atoms with Gasteiger partial charge in [0.25, 0.3) is 0 Å². The van der Waals surface area contributed by atoms with Crippen LogP contribution < -0.4 is 5.32 Å². The second-order valence-electron chi connectivity index (χ2n) is 3.22. The summed E-state index contributed by atoms with van der Waals surface area (Å²) in [7, 11) is 0. The molecular weight excluding hydrogens is 232 g/mol. The number of aliphatic carboxylic acids is 1. The van der Waals surface area contributed by atoms with Crippen LogP contribution in [0.3, 0.4) is 0 Å². The lowest BCUT2D eigenvalue weighted by atomic mass is 10.3. The lowest BCUT2D eigenvalue weighted by Crippen LogP contribution is -2.41. The SMILES string of the molecule is CC(=O)N[C@@H](CS[13c]1[13cH][13cH][13cH][13cH][13cH]1)C(=O)O. The fourth-order valence-corrected chi connectivity index (χ4v) is 2.05. The summed E-state index contributed by atoms with van der Waals surface area (Å²) in [4.78, 5) is 22.6. The lowest BCUT2D eigenvalue weighted by Gasteiger charge is -2.12. The van der Waals surface area contributed by atoms with E-state index in [1.54, 1.807) is 0 Å². The van der Waals surface area contributed by atoms with Crippen LogP contribution in [0, 0.1) is 0 Å². The third-order valence-corrected chi connectivity index (χ3v) is 2.94. The first-order chi connectivity index (χ1) is 7.59. The van der Waals surface area contributed by atoms with Crippen LogP contribution >= 0.6 is 11.8 Å². The van der Waals surface area contributed by atoms with Crippen molar-refractivity contribution in [2.75, 3.05) is 5.75 Å². The van der Waals surface area contributed by atoms with Crippen molar-refractivity contribution in [3.63, 3.8) is 0 Å². The summed E-state index contributed by atoms with van der Waals surface area (Å²) in [6.45, 7) is 1.31. The highest BCUT2D eigenvalue weighted by atomic mass is 32.2. The van der Waals surface area contributed by atoms with Gasteiger partial charge < -0.3 is 10.4 Å².